The van der Waals surface area contributed by atoms with E-state index in [0.29, 0.717) is 23.7 Å². The third-order valence-corrected chi connectivity index (χ3v) is 8.29. The van der Waals surface area contributed by atoms with E-state index < -0.39 is 0 Å². The quantitative estimate of drug-likeness (QED) is 0.439. The summed E-state index contributed by atoms with van der Waals surface area (Å²) in [7, 11) is 0. The van der Waals surface area contributed by atoms with Gasteiger partial charge in [-0.3, -0.25) is 9.69 Å². The van der Waals surface area contributed by atoms with Crippen LogP contribution in [0.4, 0.5) is 11.5 Å². The maximum absolute atomic E-state index is 12.5. The minimum absolute atomic E-state index is 0.0613. The smallest absolute Gasteiger partial charge is 0.253 e. The van der Waals surface area contributed by atoms with E-state index >= 15 is 0 Å². The lowest BCUT2D eigenvalue weighted by molar-refractivity contribution is 0.00731. The van der Waals surface area contributed by atoms with Crippen LogP contribution in [0.5, 0.6) is 0 Å². The number of halogens is 1. The van der Waals surface area contributed by atoms with Crippen LogP contribution in [-0.2, 0) is 11.3 Å². The predicted molar refractivity (Wildman–Crippen MR) is 152 cm³/mol. The van der Waals surface area contributed by atoms with E-state index in [1.807, 2.05) is 32.2 Å². The van der Waals surface area contributed by atoms with Crippen LogP contribution in [0.25, 0.3) is 10.8 Å². The molecule has 0 bridgehead atoms. The number of benzene rings is 1. The van der Waals surface area contributed by atoms with E-state index in [1.165, 1.54) is 25.7 Å². The number of hydrogen-bond acceptors (Lipinski definition) is 6. The van der Waals surface area contributed by atoms with Crippen LogP contribution in [0.1, 0.15) is 49.4 Å². The topological polar surface area (TPSA) is 73.5 Å². The van der Waals surface area contributed by atoms with Crippen molar-refractivity contribution in [2.75, 3.05) is 43.1 Å². The first-order valence-corrected chi connectivity index (χ1v) is 13.9. The van der Waals surface area contributed by atoms with Gasteiger partial charge in [0.25, 0.3) is 5.56 Å². The van der Waals surface area contributed by atoms with E-state index in [-0.39, 0.29) is 5.56 Å². The van der Waals surface area contributed by atoms with Crippen LogP contribution in [0.15, 0.2) is 35.3 Å². The molecule has 3 heterocycles. The van der Waals surface area contributed by atoms with Crippen LogP contribution in [0, 0.1) is 13.8 Å². The first kappa shape index (κ1) is 26.0. The maximum atomic E-state index is 12.5. The Kier molecular flexibility index (Phi) is 8.03. The van der Waals surface area contributed by atoms with Gasteiger partial charge in [0.2, 0.25) is 0 Å². The molecule has 5 rings (SSSR count). The van der Waals surface area contributed by atoms with Crippen LogP contribution in [0.3, 0.4) is 0 Å². The molecular weight excluding hydrogens is 486 g/mol. The summed E-state index contributed by atoms with van der Waals surface area (Å²) in [6.07, 6.45) is 6.64. The fraction of sp³-hybridized carbons (Fsp3) is 0.517. The summed E-state index contributed by atoms with van der Waals surface area (Å²) < 4.78 is 5.56. The number of aromatic nitrogens is 2. The predicted octanol–water partition coefficient (Wildman–Crippen LogP) is 5.28. The Morgan fingerprint density at radius 2 is 1.89 bits per heavy atom. The average Bonchev–Trinajstić information content (AvgIpc) is 2.89. The van der Waals surface area contributed by atoms with Crippen molar-refractivity contribution in [1.29, 1.82) is 0 Å². The molecule has 2 aromatic heterocycles. The van der Waals surface area contributed by atoms with Gasteiger partial charge in [0.15, 0.2) is 0 Å². The van der Waals surface area contributed by atoms with Gasteiger partial charge in [-0.2, -0.15) is 0 Å². The molecule has 1 saturated heterocycles. The van der Waals surface area contributed by atoms with Gasteiger partial charge in [0, 0.05) is 77.2 Å². The Bertz CT molecular complexity index is 1300. The van der Waals surface area contributed by atoms with Gasteiger partial charge in [-0.15, -0.1) is 0 Å². The lowest BCUT2D eigenvalue weighted by atomic mass is 9.88. The lowest BCUT2D eigenvalue weighted by Gasteiger charge is -2.42. The Morgan fingerprint density at radius 3 is 2.59 bits per heavy atom. The number of aryl methyl sites for hydroxylation is 2. The number of fused-ring (bicyclic) bond motifs is 1. The minimum Gasteiger partial charge on any atom is -0.379 e. The molecule has 0 amide bonds. The number of hydrogen-bond donors (Lipinski definition) is 2. The number of pyridine rings is 2. The molecule has 1 aliphatic heterocycles. The monoisotopic (exact) mass is 523 g/mol. The van der Waals surface area contributed by atoms with E-state index in [1.54, 1.807) is 0 Å². The molecule has 8 heteroatoms. The molecule has 0 unspecified atom stereocenters. The van der Waals surface area contributed by atoms with E-state index in [9.17, 15) is 4.79 Å². The molecule has 1 saturated carbocycles. The van der Waals surface area contributed by atoms with Gasteiger partial charge >= 0.3 is 0 Å². The summed E-state index contributed by atoms with van der Waals surface area (Å²) >= 11 is 6.69. The summed E-state index contributed by atoms with van der Waals surface area (Å²) in [5.74, 6) is 0.743. The zero-order valence-electron chi connectivity index (χ0n) is 22.1. The third kappa shape index (κ3) is 5.64. The van der Waals surface area contributed by atoms with Crippen molar-refractivity contribution in [3.63, 3.8) is 0 Å². The fourth-order valence-electron chi connectivity index (χ4n) is 6.19. The zero-order valence-corrected chi connectivity index (χ0v) is 22.9. The van der Waals surface area contributed by atoms with Crippen LogP contribution >= 0.6 is 11.6 Å². The van der Waals surface area contributed by atoms with E-state index in [4.69, 9.17) is 16.3 Å². The molecule has 1 aromatic carbocycles. The summed E-state index contributed by atoms with van der Waals surface area (Å²) in [4.78, 5) is 25.2. The van der Waals surface area contributed by atoms with Crippen molar-refractivity contribution in [2.45, 2.75) is 65.1 Å². The number of ether oxygens (including phenoxy) is 1. The molecule has 0 radical (unpaired) electrons. The number of H-pyrrole nitrogens is 1. The molecule has 37 heavy (non-hydrogen) atoms. The molecule has 1 aliphatic carbocycles. The Balaban J connectivity index is 1.38. The summed E-state index contributed by atoms with van der Waals surface area (Å²) in [6.45, 7) is 11.3. The van der Waals surface area contributed by atoms with Crippen LogP contribution in [0.2, 0.25) is 5.02 Å². The summed E-state index contributed by atoms with van der Waals surface area (Å²) in [6, 6.07) is 9.31. The Labute approximate surface area is 224 Å². The first-order valence-electron chi connectivity index (χ1n) is 13.5. The van der Waals surface area contributed by atoms with Crippen molar-refractivity contribution < 1.29 is 4.74 Å². The molecule has 7 nitrogen and oxygen atoms in total. The van der Waals surface area contributed by atoms with Gasteiger partial charge < -0.3 is 19.9 Å². The Morgan fingerprint density at radius 1 is 1.14 bits per heavy atom. The molecule has 2 fully saturated rings. The second kappa shape index (κ2) is 11.4. The van der Waals surface area contributed by atoms with Crippen molar-refractivity contribution in [3.8, 4) is 0 Å². The number of aromatic amines is 1. The number of rotatable bonds is 7. The molecule has 2 aliphatic rings. The van der Waals surface area contributed by atoms with Crippen LogP contribution in [-0.4, -0.2) is 59.8 Å². The fourth-order valence-corrected chi connectivity index (χ4v) is 6.40. The number of nitrogens with zero attached hydrogens (tertiary/aromatic N) is 3. The van der Waals surface area contributed by atoms with Gasteiger partial charge in [-0.05, 0) is 76.3 Å². The van der Waals surface area contributed by atoms with Crippen molar-refractivity contribution in [1.82, 2.24) is 14.9 Å². The first-order chi connectivity index (χ1) is 17.9. The molecule has 3 aromatic rings. The number of morpholine rings is 1. The van der Waals surface area contributed by atoms with Crippen molar-refractivity contribution in [2.24, 2.45) is 0 Å². The second-order valence-corrected chi connectivity index (χ2v) is 10.8. The maximum Gasteiger partial charge on any atom is 0.253 e. The highest BCUT2D eigenvalue weighted by atomic mass is 35.5. The van der Waals surface area contributed by atoms with E-state index in [2.05, 4.69) is 44.1 Å². The molecule has 0 atom stereocenters. The highest BCUT2D eigenvalue weighted by Crippen LogP contribution is 2.37. The van der Waals surface area contributed by atoms with Crippen molar-refractivity contribution >= 4 is 33.9 Å². The Hall–Kier alpha value is -2.61. The largest absolute Gasteiger partial charge is 0.379 e. The minimum atomic E-state index is -0.0613. The number of anilines is 2. The molecule has 2 N–H and O–H groups in total. The number of nitrogens with one attached hydrogen (secondary N) is 2. The average molecular weight is 524 g/mol. The SMILES string of the molecule is CCN(c1cc(Cl)cc2c(NCc3c(C)cc(C)[nH]c3=O)nccc12)C1CCC(N2CCOCC2)CC1. The normalized spacial score (nSPS) is 20.8. The second-order valence-electron chi connectivity index (χ2n) is 10.4. The zero-order chi connectivity index (χ0) is 25.9. The highest BCUT2D eigenvalue weighted by molar-refractivity contribution is 6.32. The van der Waals surface area contributed by atoms with Gasteiger partial charge in [-0.1, -0.05) is 11.6 Å². The van der Waals surface area contributed by atoms with Crippen LogP contribution < -0.4 is 15.8 Å². The van der Waals surface area contributed by atoms with Gasteiger partial charge in [0.05, 0.1) is 13.2 Å². The standard InChI is InChI=1S/C29H38ClN5O2/c1-4-35(23-7-5-22(6-8-23)34-11-13-37-14-12-34)27-17-21(30)16-25-24(27)9-10-31-28(25)32-18-26-19(2)15-20(3)33-29(26)36/h9-10,15-17,22-23H,4-8,11-14,18H2,1-3H3,(H,31,32)(H,33,36). The molecular formula is C29H38ClN5O2. The lowest BCUT2D eigenvalue weighted by Crippen LogP contribution is -2.48. The van der Waals surface area contributed by atoms with Gasteiger partial charge in [0.1, 0.15) is 5.82 Å². The highest BCUT2D eigenvalue weighted by Gasteiger charge is 2.30. The van der Waals surface area contributed by atoms with E-state index in [0.717, 1.165) is 71.9 Å². The van der Waals surface area contributed by atoms with Crippen molar-refractivity contribution in [3.05, 3.63) is 62.7 Å². The summed E-state index contributed by atoms with van der Waals surface area (Å²) in [5.41, 5.74) is 3.66. The molecule has 198 valence electrons. The van der Waals surface area contributed by atoms with Gasteiger partial charge in [-0.25, -0.2) is 4.98 Å². The summed E-state index contributed by atoms with van der Waals surface area (Å²) in [5, 5.41) is 6.22. The molecule has 0 spiro atoms. The third-order valence-electron chi connectivity index (χ3n) is 8.07.